The van der Waals surface area contributed by atoms with E-state index in [9.17, 15) is 14.4 Å². The van der Waals surface area contributed by atoms with E-state index in [2.05, 4.69) is 15.6 Å². The molecule has 8 nitrogen and oxygen atoms in total. The molecule has 0 radical (unpaired) electrons. The molecular weight excluding hydrogens is 264 g/mol. The van der Waals surface area contributed by atoms with Crippen LogP contribution in [-0.4, -0.2) is 34.0 Å². The molecule has 5 N–H and O–H groups in total. The number of amides is 3. The molecule has 1 unspecified atom stereocenters. The largest absolute Gasteiger partial charge is 0.480 e. The zero-order chi connectivity index (χ0) is 15.1. The number of hydrogen-bond donors (Lipinski definition) is 4. The standard InChI is InChI=1S/C12H16N4O4/c1-7-2-3-8(5-14-7)6-15-12(20)16-9(11(18)19)4-10(13)17/h2-3,5,9H,4,6H2,1H3,(H2,13,17)(H,18,19)(H2,15,16,20). The van der Waals surface area contributed by atoms with Crippen molar-refractivity contribution in [2.45, 2.75) is 25.9 Å². The molecule has 3 amide bonds. The van der Waals surface area contributed by atoms with Crippen LogP contribution in [0.4, 0.5) is 4.79 Å². The predicted molar refractivity (Wildman–Crippen MR) is 69.6 cm³/mol. The number of aryl methyl sites for hydroxylation is 1. The van der Waals surface area contributed by atoms with Crippen LogP contribution in [0.25, 0.3) is 0 Å². The van der Waals surface area contributed by atoms with Gasteiger partial charge < -0.3 is 21.5 Å². The van der Waals surface area contributed by atoms with Crippen molar-refractivity contribution in [2.75, 3.05) is 0 Å². The fourth-order valence-electron chi connectivity index (χ4n) is 1.40. The van der Waals surface area contributed by atoms with Gasteiger partial charge in [-0.3, -0.25) is 9.78 Å². The van der Waals surface area contributed by atoms with Gasteiger partial charge in [-0.05, 0) is 18.6 Å². The molecule has 0 aromatic carbocycles. The molecule has 0 fully saturated rings. The van der Waals surface area contributed by atoms with Crippen molar-refractivity contribution >= 4 is 17.9 Å². The van der Waals surface area contributed by atoms with E-state index in [1.807, 2.05) is 6.92 Å². The maximum atomic E-state index is 11.5. The van der Waals surface area contributed by atoms with Crippen LogP contribution in [0, 0.1) is 6.92 Å². The van der Waals surface area contributed by atoms with Gasteiger partial charge in [-0.25, -0.2) is 9.59 Å². The lowest BCUT2D eigenvalue weighted by molar-refractivity contribution is -0.140. The minimum atomic E-state index is -1.34. The highest BCUT2D eigenvalue weighted by Gasteiger charge is 2.21. The lowest BCUT2D eigenvalue weighted by atomic mass is 10.2. The molecular formula is C12H16N4O4. The van der Waals surface area contributed by atoms with Gasteiger partial charge in [-0.15, -0.1) is 0 Å². The number of carbonyl (C=O) groups excluding carboxylic acids is 2. The number of rotatable bonds is 6. The molecule has 108 valence electrons. The summed E-state index contributed by atoms with van der Waals surface area (Å²) in [5.41, 5.74) is 6.53. The Morgan fingerprint density at radius 2 is 2.10 bits per heavy atom. The van der Waals surface area contributed by atoms with Gasteiger partial charge in [0.2, 0.25) is 5.91 Å². The minimum absolute atomic E-state index is 0.196. The number of aliphatic carboxylic acids is 1. The molecule has 0 saturated carbocycles. The number of nitrogens with one attached hydrogen (secondary N) is 2. The minimum Gasteiger partial charge on any atom is -0.480 e. The lowest BCUT2D eigenvalue weighted by Crippen LogP contribution is -2.47. The average Bonchev–Trinajstić information content (AvgIpc) is 2.36. The number of carbonyl (C=O) groups is 3. The van der Waals surface area contributed by atoms with Gasteiger partial charge >= 0.3 is 12.0 Å². The first-order valence-corrected chi connectivity index (χ1v) is 5.85. The number of aromatic nitrogens is 1. The van der Waals surface area contributed by atoms with Gasteiger partial charge in [0.1, 0.15) is 6.04 Å². The fraction of sp³-hybridized carbons (Fsp3) is 0.333. The third-order valence-electron chi connectivity index (χ3n) is 2.43. The highest BCUT2D eigenvalue weighted by Crippen LogP contribution is 1.98. The summed E-state index contributed by atoms with van der Waals surface area (Å²) in [7, 11) is 0. The Kier molecular flexibility index (Phi) is 5.45. The predicted octanol–water partition coefficient (Wildman–Crippen LogP) is -0.482. The van der Waals surface area contributed by atoms with Gasteiger partial charge in [0.25, 0.3) is 0 Å². The van der Waals surface area contributed by atoms with Gasteiger partial charge in [-0.2, -0.15) is 0 Å². The van der Waals surface area contributed by atoms with Gasteiger partial charge in [0.15, 0.2) is 0 Å². The first-order valence-electron chi connectivity index (χ1n) is 5.85. The molecule has 8 heteroatoms. The van der Waals surface area contributed by atoms with E-state index in [1.165, 1.54) is 0 Å². The van der Waals surface area contributed by atoms with Crippen LogP contribution >= 0.6 is 0 Å². The number of primary amides is 1. The Morgan fingerprint density at radius 1 is 1.40 bits per heavy atom. The van der Waals surface area contributed by atoms with E-state index >= 15 is 0 Å². The first-order chi connectivity index (χ1) is 9.38. The summed E-state index contributed by atoms with van der Waals surface area (Å²) in [5, 5.41) is 13.5. The smallest absolute Gasteiger partial charge is 0.326 e. The summed E-state index contributed by atoms with van der Waals surface area (Å²) in [5.74, 6) is -2.13. The van der Waals surface area contributed by atoms with Crippen molar-refractivity contribution in [3.63, 3.8) is 0 Å². The van der Waals surface area contributed by atoms with Crippen LogP contribution in [-0.2, 0) is 16.1 Å². The van der Waals surface area contributed by atoms with E-state index < -0.39 is 30.4 Å². The molecule has 0 aliphatic rings. The number of pyridine rings is 1. The molecule has 1 aromatic rings. The quantitative estimate of drug-likeness (QED) is 0.558. The molecule has 20 heavy (non-hydrogen) atoms. The number of hydrogen-bond acceptors (Lipinski definition) is 4. The Balaban J connectivity index is 2.47. The molecule has 0 aliphatic carbocycles. The normalized spacial score (nSPS) is 11.4. The van der Waals surface area contributed by atoms with Crippen LogP contribution in [0.2, 0.25) is 0 Å². The van der Waals surface area contributed by atoms with Crippen molar-refractivity contribution in [3.05, 3.63) is 29.6 Å². The average molecular weight is 280 g/mol. The molecule has 1 atom stereocenters. The SMILES string of the molecule is Cc1ccc(CNC(=O)NC(CC(N)=O)C(=O)O)cn1. The van der Waals surface area contributed by atoms with Gasteiger partial charge in [0, 0.05) is 18.4 Å². The second-order valence-corrected chi connectivity index (χ2v) is 4.20. The van der Waals surface area contributed by atoms with Crippen molar-refractivity contribution in [1.82, 2.24) is 15.6 Å². The Bertz CT molecular complexity index is 501. The number of carboxylic acid groups (broad SMARTS) is 1. The topological polar surface area (TPSA) is 134 Å². The molecule has 1 aromatic heterocycles. The lowest BCUT2D eigenvalue weighted by Gasteiger charge is -2.13. The van der Waals surface area contributed by atoms with E-state index in [0.717, 1.165) is 11.3 Å². The molecule has 0 aliphatic heterocycles. The number of urea groups is 1. The second kappa shape index (κ2) is 7.07. The highest BCUT2D eigenvalue weighted by molar-refractivity contribution is 5.87. The molecule has 1 rings (SSSR count). The maximum Gasteiger partial charge on any atom is 0.326 e. The van der Waals surface area contributed by atoms with Crippen molar-refractivity contribution in [1.29, 1.82) is 0 Å². The van der Waals surface area contributed by atoms with Crippen molar-refractivity contribution < 1.29 is 19.5 Å². The first kappa shape index (κ1) is 15.4. The summed E-state index contributed by atoms with van der Waals surface area (Å²) < 4.78 is 0. The van der Waals surface area contributed by atoms with Crippen LogP contribution in [0.3, 0.4) is 0 Å². The molecule has 0 spiro atoms. The third kappa shape index (κ3) is 5.34. The fourth-order valence-corrected chi connectivity index (χ4v) is 1.40. The zero-order valence-electron chi connectivity index (χ0n) is 10.9. The van der Waals surface area contributed by atoms with E-state index in [-0.39, 0.29) is 6.54 Å². The van der Waals surface area contributed by atoms with E-state index in [4.69, 9.17) is 10.8 Å². The Hall–Kier alpha value is -2.64. The van der Waals surface area contributed by atoms with Crippen molar-refractivity contribution in [3.8, 4) is 0 Å². The second-order valence-electron chi connectivity index (χ2n) is 4.20. The molecule has 0 bridgehead atoms. The van der Waals surface area contributed by atoms with Crippen LogP contribution in [0.15, 0.2) is 18.3 Å². The maximum absolute atomic E-state index is 11.5. The molecule has 0 saturated heterocycles. The Morgan fingerprint density at radius 3 is 2.60 bits per heavy atom. The van der Waals surface area contributed by atoms with Crippen molar-refractivity contribution in [2.24, 2.45) is 5.73 Å². The van der Waals surface area contributed by atoms with Crippen LogP contribution in [0.1, 0.15) is 17.7 Å². The monoisotopic (exact) mass is 280 g/mol. The highest BCUT2D eigenvalue weighted by atomic mass is 16.4. The van der Waals surface area contributed by atoms with Gasteiger partial charge in [-0.1, -0.05) is 6.07 Å². The summed E-state index contributed by atoms with van der Waals surface area (Å²) in [4.78, 5) is 37.1. The van der Waals surface area contributed by atoms with E-state index in [1.54, 1.807) is 18.3 Å². The number of nitrogens with zero attached hydrogens (tertiary/aromatic N) is 1. The summed E-state index contributed by atoms with van der Waals surface area (Å²) in [6, 6.07) is 1.55. The third-order valence-corrected chi connectivity index (χ3v) is 2.43. The summed E-state index contributed by atoms with van der Waals surface area (Å²) in [6.07, 6.45) is 1.14. The Labute approximate surface area is 115 Å². The van der Waals surface area contributed by atoms with Gasteiger partial charge in [0.05, 0.1) is 6.42 Å². The summed E-state index contributed by atoms with van der Waals surface area (Å²) in [6.45, 7) is 2.03. The number of nitrogens with two attached hydrogens (primary N) is 1. The molecule has 1 heterocycles. The number of carboxylic acids is 1. The van der Waals surface area contributed by atoms with Crippen LogP contribution in [0.5, 0.6) is 0 Å². The van der Waals surface area contributed by atoms with Crippen LogP contribution < -0.4 is 16.4 Å². The zero-order valence-corrected chi connectivity index (χ0v) is 10.9. The summed E-state index contributed by atoms with van der Waals surface area (Å²) >= 11 is 0. The van der Waals surface area contributed by atoms with E-state index in [0.29, 0.717) is 0 Å².